The average molecular weight is 402 g/mol. The number of nitrogens with zero attached hydrogens (tertiary/aromatic N) is 2. The second kappa shape index (κ2) is 9.65. The van der Waals surface area contributed by atoms with E-state index in [0.29, 0.717) is 17.3 Å². The molecule has 4 N–H and O–H groups in total. The molecule has 2 rings (SSSR count). The third-order valence-corrected chi connectivity index (χ3v) is 5.38. The molecule has 0 fully saturated rings. The second-order valence-corrected chi connectivity index (χ2v) is 8.42. The van der Waals surface area contributed by atoms with E-state index in [0.717, 1.165) is 5.56 Å². The predicted octanol–water partition coefficient (Wildman–Crippen LogP) is 1.75. The van der Waals surface area contributed by atoms with Crippen LogP contribution in [0.4, 0.5) is 5.69 Å². The van der Waals surface area contributed by atoms with Gasteiger partial charge in [-0.05, 0) is 30.2 Å². The first-order valence-electron chi connectivity index (χ1n) is 8.01. The molecule has 0 atom stereocenters. The van der Waals surface area contributed by atoms with Gasteiger partial charge in [0.15, 0.2) is 15.7 Å². The average Bonchev–Trinajstić information content (AvgIpc) is 3.02. The highest BCUT2D eigenvalue weighted by Gasteiger charge is 2.15. The molecule has 144 valence electrons. The SMILES string of the molecule is CC(C)CS(=O)(=O)CCC(=O)Nc1ccc(-c2n[nH]c(CN)n2)cc1.Cl. The highest BCUT2D eigenvalue weighted by Crippen LogP contribution is 2.18. The Kier molecular flexibility index (Phi) is 8.19. The van der Waals surface area contributed by atoms with E-state index in [-0.39, 0.29) is 48.7 Å². The molecule has 0 spiro atoms. The Bertz CT molecular complexity index is 819. The van der Waals surface area contributed by atoms with E-state index in [4.69, 9.17) is 5.73 Å². The third-order valence-electron chi connectivity index (χ3n) is 3.38. The molecule has 0 unspecified atom stereocenters. The lowest BCUT2D eigenvalue weighted by molar-refractivity contribution is -0.115. The smallest absolute Gasteiger partial charge is 0.225 e. The molecule has 0 aliphatic rings. The molecule has 1 amide bonds. The Labute approximate surface area is 159 Å². The first-order chi connectivity index (χ1) is 11.8. The van der Waals surface area contributed by atoms with Gasteiger partial charge in [-0.1, -0.05) is 13.8 Å². The van der Waals surface area contributed by atoms with E-state index in [9.17, 15) is 13.2 Å². The number of hydrogen-bond donors (Lipinski definition) is 3. The fourth-order valence-electron chi connectivity index (χ4n) is 2.28. The van der Waals surface area contributed by atoms with Crippen LogP contribution in [0.5, 0.6) is 0 Å². The molecule has 0 bridgehead atoms. The molecule has 1 aromatic carbocycles. The van der Waals surface area contributed by atoms with Gasteiger partial charge in [-0.3, -0.25) is 9.89 Å². The quantitative estimate of drug-likeness (QED) is 0.617. The molecular weight excluding hydrogens is 378 g/mol. The van der Waals surface area contributed by atoms with Crippen molar-refractivity contribution in [3.8, 4) is 11.4 Å². The number of aromatic amines is 1. The van der Waals surface area contributed by atoms with Crippen molar-refractivity contribution in [1.29, 1.82) is 0 Å². The highest BCUT2D eigenvalue weighted by molar-refractivity contribution is 7.91. The van der Waals surface area contributed by atoms with Gasteiger partial charge < -0.3 is 11.1 Å². The largest absolute Gasteiger partial charge is 0.326 e. The van der Waals surface area contributed by atoms with Crippen molar-refractivity contribution in [3.63, 3.8) is 0 Å². The van der Waals surface area contributed by atoms with Crippen LogP contribution in [0.25, 0.3) is 11.4 Å². The number of H-pyrrole nitrogens is 1. The molecule has 0 aliphatic carbocycles. The number of hydrogen-bond acceptors (Lipinski definition) is 6. The molecule has 0 saturated heterocycles. The lowest BCUT2D eigenvalue weighted by Gasteiger charge is -2.08. The summed E-state index contributed by atoms with van der Waals surface area (Å²) in [4.78, 5) is 16.1. The number of halogens is 1. The number of nitrogens with one attached hydrogen (secondary N) is 2. The van der Waals surface area contributed by atoms with Crippen molar-refractivity contribution < 1.29 is 13.2 Å². The Hall–Kier alpha value is -1.97. The van der Waals surface area contributed by atoms with Gasteiger partial charge in [0.2, 0.25) is 5.91 Å². The standard InChI is InChI=1S/C16H23N5O3S.ClH/c1-11(2)10-25(23,24)8-7-15(22)18-13-5-3-12(4-6-13)16-19-14(9-17)20-21-16;/h3-6,11H,7-10,17H2,1-2H3,(H,18,22)(H,19,20,21);1H. The maximum atomic E-state index is 11.9. The summed E-state index contributed by atoms with van der Waals surface area (Å²) in [5.74, 6) is 0.789. The number of anilines is 1. The first kappa shape index (κ1) is 22.1. The van der Waals surface area contributed by atoms with E-state index in [1.165, 1.54) is 0 Å². The van der Waals surface area contributed by atoms with E-state index >= 15 is 0 Å². The van der Waals surface area contributed by atoms with Crippen LogP contribution >= 0.6 is 12.4 Å². The Morgan fingerprint density at radius 1 is 1.27 bits per heavy atom. The lowest BCUT2D eigenvalue weighted by Crippen LogP contribution is -2.20. The van der Waals surface area contributed by atoms with Gasteiger partial charge in [-0.25, -0.2) is 13.4 Å². The van der Waals surface area contributed by atoms with Crippen molar-refractivity contribution in [2.24, 2.45) is 11.7 Å². The van der Waals surface area contributed by atoms with E-state index < -0.39 is 9.84 Å². The number of nitrogens with two attached hydrogens (primary N) is 1. The first-order valence-corrected chi connectivity index (χ1v) is 9.83. The summed E-state index contributed by atoms with van der Waals surface area (Å²) in [6.07, 6.45) is -0.0579. The summed E-state index contributed by atoms with van der Waals surface area (Å²) in [6, 6.07) is 6.98. The number of rotatable bonds is 8. The van der Waals surface area contributed by atoms with E-state index in [2.05, 4.69) is 20.5 Å². The summed E-state index contributed by atoms with van der Waals surface area (Å²) in [7, 11) is -3.20. The molecule has 0 radical (unpaired) electrons. The van der Waals surface area contributed by atoms with Crippen LogP contribution in [0.3, 0.4) is 0 Å². The van der Waals surface area contributed by atoms with Gasteiger partial charge in [0.25, 0.3) is 0 Å². The van der Waals surface area contributed by atoms with E-state index in [1.54, 1.807) is 24.3 Å². The van der Waals surface area contributed by atoms with E-state index in [1.807, 2.05) is 13.8 Å². The molecule has 1 aromatic heterocycles. The molecular formula is C16H24ClN5O3S. The summed E-state index contributed by atoms with van der Waals surface area (Å²) >= 11 is 0. The van der Waals surface area contributed by atoms with Crippen molar-refractivity contribution in [1.82, 2.24) is 15.2 Å². The predicted molar refractivity (Wildman–Crippen MR) is 104 cm³/mol. The van der Waals surface area contributed by atoms with Gasteiger partial charge >= 0.3 is 0 Å². The minimum absolute atomic E-state index is 0. The Morgan fingerprint density at radius 3 is 2.46 bits per heavy atom. The maximum absolute atomic E-state index is 11.9. The zero-order valence-electron chi connectivity index (χ0n) is 14.7. The number of sulfone groups is 1. The molecule has 2 aromatic rings. The number of carbonyl (C=O) groups excluding carboxylic acids is 1. The summed E-state index contributed by atoms with van der Waals surface area (Å²) in [5.41, 5.74) is 6.85. The Balaban J connectivity index is 0.00000338. The summed E-state index contributed by atoms with van der Waals surface area (Å²) in [5, 5.41) is 9.48. The zero-order chi connectivity index (χ0) is 18.4. The second-order valence-electron chi connectivity index (χ2n) is 6.19. The zero-order valence-corrected chi connectivity index (χ0v) is 16.4. The van der Waals surface area contributed by atoms with Crippen molar-refractivity contribution >= 4 is 33.8 Å². The van der Waals surface area contributed by atoms with Crippen LogP contribution in [0.15, 0.2) is 24.3 Å². The van der Waals surface area contributed by atoms with Gasteiger partial charge in [-0.2, -0.15) is 5.10 Å². The van der Waals surface area contributed by atoms with Crippen LogP contribution < -0.4 is 11.1 Å². The van der Waals surface area contributed by atoms with Gasteiger partial charge in [0.1, 0.15) is 5.82 Å². The number of amides is 1. The summed E-state index contributed by atoms with van der Waals surface area (Å²) < 4.78 is 23.6. The maximum Gasteiger partial charge on any atom is 0.225 e. The monoisotopic (exact) mass is 401 g/mol. The minimum Gasteiger partial charge on any atom is -0.326 e. The molecule has 8 nitrogen and oxygen atoms in total. The fraction of sp³-hybridized carbons (Fsp3) is 0.438. The third kappa shape index (κ3) is 6.74. The van der Waals surface area contributed by atoms with Crippen molar-refractivity contribution in [3.05, 3.63) is 30.1 Å². The molecule has 26 heavy (non-hydrogen) atoms. The molecule has 1 heterocycles. The molecule has 0 aliphatic heterocycles. The topological polar surface area (TPSA) is 131 Å². The highest BCUT2D eigenvalue weighted by atomic mass is 35.5. The molecule has 0 saturated carbocycles. The van der Waals surface area contributed by atoms with Gasteiger partial charge in [0, 0.05) is 17.7 Å². The van der Waals surface area contributed by atoms with Gasteiger partial charge in [-0.15, -0.1) is 12.4 Å². The lowest BCUT2D eigenvalue weighted by atomic mass is 10.2. The Morgan fingerprint density at radius 2 is 1.92 bits per heavy atom. The van der Waals surface area contributed by atoms with Gasteiger partial charge in [0.05, 0.1) is 18.1 Å². The van der Waals surface area contributed by atoms with Crippen LogP contribution in [0.1, 0.15) is 26.1 Å². The van der Waals surface area contributed by atoms with Crippen molar-refractivity contribution in [2.45, 2.75) is 26.8 Å². The fourth-order valence-corrected chi connectivity index (χ4v) is 3.96. The number of aromatic nitrogens is 3. The number of benzene rings is 1. The van der Waals surface area contributed by atoms with Crippen LogP contribution in [0.2, 0.25) is 0 Å². The minimum atomic E-state index is -3.20. The number of carbonyl (C=O) groups is 1. The summed E-state index contributed by atoms with van der Waals surface area (Å²) in [6.45, 7) is 3.95. The van der Waals surface area contributed by atoms with Crippen LogP contribution in [-0.4, -0.2) is 41.0 Å². The van der Waals surface area contributed by atoms with Crippen molar-refractivity contribution in [2.75, 3.05) is 16.8 Å². The molecule has 10 heteroatoms. The van der Waals surface area contributed by atoms with Crippen LogP contribution in [-0.2, 0) is 21.2 Å². The normalized spacial score (nSPS) is 11.2. The van der Waals surface area contributed by atoms with Crippen LogP contribution in [0, 0.1) is 5.92 Å².